The molecule has 1 amide bonds. The van der Waals surface area contributed by atoms with Crippen molar-refractivity contribution in [3.05, 3.63) is 95.1 Å². The molecule has 1 fully saturated rings. The third-order valence-electron chi connectivity index (χ3n) is 6.92. The molecule has 0 radical (unpaired) electrons. The van der Waals surface area contributed by atoms with Crippen LogP contribution in [0.4, 0.5) is 0 Å². The van der Waals surface area contributed by atoms with E-state index >= 15 is 0 Å². The van der Waals surface area contributed by atoms with Crippen LogP contribution in [0.25, 0.3) is 0 Å². The van der Waals surface area contributed by atoms with E-state index in [0.29, 0.717) is 44.2 Å². The van der Waals surface area contributed by atoms with Crippen LogP contribution >= 0.6 is 0 Å². The molecule has 38 heavy (non-hydrogen) atoms. The normalized spacial score (nSPS) is 16.5. The summed E-state index contributed by atoms with van der Waals surface area (Å²) in [5.41, 5.74) is 4.62. The Morgan fingerprint density at radius 3 is 2.34 bits per heavy atom. The molecule has 9 heteroatoms. The predicted octanol–water partition coefficient (Wildman–Crippen LogP) is 3.07. The third-order valence-corrected chi connectivity index (χ3v) is 8.83. The smallest absolute Gasteiger partial charge is 0.251 e. The number of fused-ring (bicyclic) bond motifs is 1. The van der Waals surface area contributed by atoms with E-state index in [1.165, 1.54) is 21.0 Å². The molecule has 1 saturated heterocycles. The molecule has 200 valence electrons. The van der Waals surface area contributed by atoms with E-state index in [2.05, 4.69) is 34.5 Å². The minimum absolute atomic E-state index is 0.154. The highest BCUT2D eigenvalue weighted by Crippen LogP contribution is 2.21. The molecular weight excluding hydrogens is 502 g/mol. The van der Waals surface area contributed by atoms with E-state index in [4.69, 9.17) is 9.47 Å². The van der Waals surface area contributed by atoms with Crippen LogP contribution in [0.15, 0.2) is 77.7 Å². The summed E-state index contributed by atoms with van der Waals surface area (Å²) in [4.78, 5) is 15.2. The van der Waals surface area contributed by atoms with Gasteiger partial charge in [0.15, 0.2) is 0 Å². The first-order chi connectivity index (χ1) is 18.5. The van der Waals surface area contributed by atoms with E-state index in [0.717, 1.165) is 26.1 Å². The molecule has 2 heterocycles. The Labute approximate surface area is 224 Å². The predicted molar refractivity (Wildman–Crippen MR) is 145 cm³/mol. The molecule has 0 aromatic heterocycles. The molecule has 2 aliphatic heterocycles. The van der Waals surface area contributed by atoms with E-state index in [9.17, 15) is 13.2 Å². The largest absolute Gasteiger partial charge is 0.492 e. The van der Waals surface area contributed by atoms with Gasteiger partial charge in [-0.2, -0.15) is 4.31 Å². The second-order valence-corrected chi connectivity index (χ2v) is 11.5. The zero-order chi connectivity index (χ0) is 26.4. The van der Waals surface area contributed by atoms with Gasteiger partial charge in [0.2, 0.25) is 10.0 Å². The summed E-state index contributed by atoms with van der Waals surface area (Å²) in [6.45, 7) is 4.98. The average Bonchev–Trinajstić information content (AvgIpc) is 2.96. The highest BCUT2D eigenvalue weighted by Gasteiger charge is 2.26. The number of rotatable bonds is 9. The Morgan fingerprint density at radius 1 is 0.895 bits per heavy atom. The number of nitrogens with one attached hydrogen (secondary N) is 1. The van der Waals surface area contributed by atoms with Crippen molar-refractivity contribution in [2.75, 3.05) is 46.0 Å². The van der Waals surface area contributed by atoms with Crippen LogP contribution in [0.5, 0.6) is 5.75 Å². The monoisotopic (exact) mass is 535 g/mol. The van der Waals surface area contributed by atoms with Gasteiger partial charge in [-0.15, -0.1) is 0 Å². The molecule has 1 N–H and O–H groups in total. The molecule has 8 nitrogen and oxygen atoms in total. The lowest BCUT2D eigenvalue weighted by Crippen LogP contribution is -2.40. The Morgan fingerprint density at radius 2 is 1.61 bits per heavy atom. The maximum absolute atomic E-state index is 12.7. The Balaban J connectivity index is 1.05. The van der Waals surface area contributed by atoms with Gasteiger partial charge in [0.05, 0.1) is 24.7 Å². The number of nitrogens with zero attached hydrogens (tertiary/aromatic N) is 2. The molecule has 3 aromatic carbocycles. The zero-order valence-corrected chi connectivity index (χ0v) is 22.2. The van der Waals surface area contributed by atoms with Gasteiger partial charge in [-0.25, -0.2) is 8.42 Å². The quantitative estimate of drug-likeness (QED) is 0.424. The number of morpholine rings is 1. The van der Waals surface area contributed by atoms with Gasteiger partial charge < -0.3 is 14.8 Å². The second-order valence-electron chi connectivity index (χ2n) is 9.52. The van der Waals surface area contributed by atoms with Crippen molar-refractivity contribution in [1.29, 1.82) is 0 Å². The number of carbonyl (C=O) groups excluding carboxylic acids is 1. The minimum Gasteiger partial charge on any atom is -0.492 e. The Hall–Kier alpha value is -3.24. The second kappa shape index (κ2) is 12.1. The Kier molecular flexibility index (Phi) is 8.38. The zero-order valence-electron chi connectivity index (χ0n) is 21.3. The SMILES string of the molecule is O=C(NCCOc1ccc(S(=O)(=O)N2CCOCC2)cc1)c1ccc(CN2CCc3ccccc3C2)cc1. The van der Waals surface area contributed by atoms with Crippen molar-refractivity contribution < 1.29 is 22.7 Å². The Bertz CT molecular complexity index is 1340. The first kappa shape index (κ1) is 26.4. The molecular formula is C29H33N3O5S. The van der Waals surface area contributed by atoms with E-state index in [-0.39, 0.29) is 17.4 Å². The van der Waals surface area contributed by atoms with Crippen molar-refractivity contribution in [2.45, 2.75) is 24.4 Å². The van der Waals surface area contributed by atoms with Crippen LogP contribution in [-0.2, 0) is 34.3 Å². The maximum atomic E-state index is 12.7. The molecule has 3 aromatic rings. The first-order valence-corrected chi connectivity index (χ1v) is 14.4. The van der Waals surface area contributed by atoms with Crippen LogP contribution in [0.1, 0.15) is 27.0 Å². The van der Waals surface area contributed by atoms with E-state index in [1.54, 1.807) is 24.3 Å². The summed E-state index contributed by atoms with van der Waals surface area (Å²) in [5.74, 6) is 0.392. The lowest BCUT2D eigenvalue weighted by atomic mass is 9.99. The maximum Gasteiger partial charge on any atom is 0.251 e. The number of carbonyl (C=O) groups is 1. The summed E-state index contributed by atoms with van der Waals surface area (Å²) in [6, 6.07) is 22.7. The van der Waals surface area contributed by atoms with Crippen molar-refractivity contribution in [1.82, 2.24) is 14.5 Å². The lowest BCUT2D eigenvalue weighted by Gasteiger charge is -2.28. The molecule has 0 saturated carbocycles. The van der Waals surface area contributed by atoms with E-state index < -0.39 is 10.0 Å². The summed E-state index contributed by atoms with van der Waals surface area (Å²) >= 11 is 0. The van der Waals surface area contributed by atoms with Crippen LogP contribution in [-0.4, -0.2) is 69.5 Å². The van der Waals surface area contributed by atoms with Crippen molar-refractivity contribution in [3.8, 4) is 5.75 Å². The van der Waals surface area contributed by atoms with Gasteiger partial charge in [-0.05, 0) is 59.5 Å². The molecule has 5 rings (SSSR count). The summed E-state index contributed by atoms with van der Waals surface area (Å²) < 4.78 is 37.8. The molecule has 0 unspecified atom stereocenters. The minimum atomic E-state index is -3.53. The average molecular weight is 536 g/mol. The highest BCUT2D eigenvalue weighted by molar-refractivity contribution is 7.89. The van der Waals surface area contributed by atoms with Crippen LogP contribution < -0.4 is 10.1 Å². The van der Waals surface area contributed by atoms with Gasteiger partial charge in [-0.3, -0.25) is 9.69 Å². The van der Waals surface area contributed by atoms with Gasteiger partial charge >= 0.3 is 0 Å². The van der Waals surface area contributed by atoms with Gasteiger partial charge in [0, 0.05) is 38.3 Å². The molecule has 2 aliphatic rings. The number of hydrogen-bond acceptors (Lipinski definition) is 6. The summed E-state index contributed by atoms with van der Waals surface area (Å²) in [6.07, 6.45) is 1.07. The van der Waals surface area contributed by atoms with Gasteiger partial charge in [-0.1, -0.05) is 36.4 Å². The van der Waals surface area contributed by atoms with Gasteiger partial charge in [0.25, 0.3) is 5.91 Å². The van der Waals surface area contributed by atoms with Crippen molar-refractivity contribution in [3.63, 3.8) is 0 Å². The van der Waals surface area contributed by atoms with Crippen LogP contribution in [0, 0.1) is 0 Å². The summed E-state index contributed by atoms with van der Waals surface area (Å²) in [7, 11) is -3.53. The van der Waals surface area contributed by atoms with Crippen LogP contribution in [0.2, 0.25) is 0 Å². The fourth-order valence-electron chi connectivity index (χ4n) is 4.79. The fourth-order valence-corrected chi connectivity index (χ4v) is 6.20. The number of benzene rings is 3. The van der Waals surface area contributed by atoms with Gasteiger partial charge in [0.1, 0.15) is 12.4 Å². The van der Waals surface area contributed by atoms with E-state index in [1.807, 2.05) is 24.3 Å². The van der Waals surface area contributed by atoms with Crippen molar-refractivity contribution >= 4 is 15.9 Å². The number of sulfonamides is 1. The topological polar surface area (TPSA) is 88.2 Å². The number of ether oxygens (including phenoxy) is 2. The number of amides is 1. The standard InChI is InChI=1S/C29H33N3O5S/c33-29(25-7-5-23(6-8-25)21-31-15-13-24-3-1-2-4-26(24)22-31)30-14-18-37-27-9-11-28(12-10-27)38(34,35)32-16-19-36-20-17-32/h1-12H,13-22H2,(H,30,33). The molecule has 0 aliphatic carbocycles. The first-order valence-electron chi connectivity index (χ1n) is 13.0. The van der Waals surface area contributed by atoms with Crippen LogP contribution in [0.3, 0.4) is 0 Å². The lowest BCUT2D eigenvalue weighted by molar-refractivity contribution is 0.0730. The highest BCUT2D eigenvalue weighted by atomic mass is 32.2. The third kappa shape index (κ3) is 6.42. The molecule has 0 atom stereocenters. The fraction of sp³-hybridized carbons (Fsp3) is 0.345. The van der Waals surface area contributed by atoms with Crippen molar-refractivity contribution in [2.24, 2.45) is 0 Å². The molecule has 0 bridgehead atoms. The number of hydrogen-bond donors (Lipinski definition) is 1. The molecule has 0 spiro atoms. The summed E-state index contributed by atoms with van der Waals surface area (Å²) in [5, 5.41) is 2.87.